The number of sulfonamides is 1. The lowest BCUT2D eigenvalue weighted by Gasteiger charge is -2.43. The molecule has 20 heavy (non-hydrogen) atoms. The normalized spacial score (nSPS) is 22.8. The predicted molar refractivity (Wildman–Crippen MR) is 76.1 cm³/mol. The van der Waals surface area contributed by atoms with Crippen molar-refractivity contribution < 1.29 is 18.3 Å². The molecular weight excluding hydrogens is 280 g/mol. The predicted octanol–water partition coefficient (Wildman–Crippen LogP) is 0.310. The lowest BCUT2D eigenvalue weighted by atomic mass is 10.0. The molecule has 1 aromatic rings. The van der Waals surface area contributed by atoms with Gasteiger partial charge in [0.05, 0.1) is 24.0 Å². The number of nitrogens with two attached hydrogens (primary N) is 1. The number of aliphatic hydroxyl groups is 1. The van der Waals surface area contributed by atoms with E-state index in [1.807, 2.05) is 18.7 Å². The van der Waals surface area contributed by atoms with Crippen molar-refractivity contribution >= 4 is 15.7 Å². The minimum atomic E-state index is -3.79. The SMILES string of the molecule is CC1(C)CN(c2ccccc2S(N)(=O)=O)CC(CO)O1. The Bertz CT molecular complexity index is 586. The number of aliphatic hydroxyl groups excluding tert-OH is 1. The summed E-state index contributed by atoms with van der Waals surface area (Å²) in [6.45, 7) is 4.64. The van der Waals surface area contributed by atoms with Crippen molar-refractivity contribution in [2.75, 3.05) is 24.6 Å². The molecule has 1 atom stereocenters. The Hall–Kier alpha value is -1.15. The zero-order valence-corrected chi connectivity index (χ0v) is 12.4. The van der Waals surface area contributed by atoms with Crippen molar-refractivity contribution in [1.29, 1.82) is 0 Å². The van der Waals surface area contributed by atoms with Crippen LogP contribution in [0.5, 0.6) is 0 Å². The Morgan fingerprint density at radius 3 is 2.70 bits per heavy atom. The van der Waals surface area contributed by atoms with Crippen molar-refractivity contribution in [1.82, 2.24) is 0 Å². The zero-order valence-electron chi connectivity index (χ0n) is 11.6. The number of rotatable bonds is 3. The first-order valence-corrected chi connectivity index (χ1v) is 7.93. The van der Waals surface area contributed by atoms with Crippen LogP contribution in [0.2, 0.25) is 0 Å². The van der Waals surface area contributed by atoms with Gasteiger partial charge in [-0.05, 0) is 26.0 Å². The second-order valence-corrected chi connectivity index (χ2v) is 7.11. The molecule has 2 rings (SSSR count). The molecule has 0 bridgehead atoms. The van der Waals surface area contributed by atoms with E-state index < -0.39 is 15.6 Å². The summed E-state index contributed by atoms with van der Waals surface area (Å²) >= 11 is 0. The molecule has 1 aromatic carbocycles. The number of morpholine rings is 1. The molecule has 1 heterocycles. The van der Waals surface area contributed by atoms with Crippen LogP contribution in [0.25, 0.3) is 0 Å². The van der Waals surface area contributed by atoms with Crippen LogP contribution < -0.4 is 10.0 Å². The van der Waals surface area contributed by atoms with Gasteiger partial charge in [0.1, 0.15) is 4.90 Å². The summed E-state index contributed by atoms with van der Waals surface area (Å²) in [7, 11) is -3.79. The number of para-hydroxylation sites is 1. The standard InChI is InChI=1S/C13H20N2O4S/c1-13(2)9-15(7-10(8-16)19-13)11-5-3-4-6-12(11)20(14,17)18/h3-6,10,16H,7-9H2,1-2H3,(H2,14,17,18). The van der Waals surface area contributed by atoms with E-state index in [9.17, 15) is 13.5 Å². The fraction of sp³-hybridized carbons (Fsp3) is 0.538. The number of ether oxygens (including phenoxy) is 1. The van der Waals surface area contributed by atoms with Gasteiger partial charge < -0.3 is 14.7 Å². The fourth-order valence-electron chi connectivity index (χ4n) is 2.53. The van der Waals surface area contributed by atoms with Gasteiger partial charge >= 0.3 is 0 Å². The molecule has 0 radical (unpaired) electrons. The Morgan fingerprint density at radius 2 is 2.10 bits per heavy atom. The Morgan fingerprint density at radius 1 is 1.45 bits per heavy atom. The number of nitrogens with zero attached hydrogens (tertiary/aromatic N) is 1. The summed E-state index contributed by atoms with van der Waals surface area (Å²) in [5.74, 6) is 0. The van der Waals surface area contributed by atoms with Crippen molar-refractivity contribution in [3.63, 3.8) is 0 Å². The van der Waals surface area contributed by atoms with Gasteiger partial charge in [-0.15, -0.1) is 0 Å². The van der Waals surface area contributed by atoms with Crippen molar-refractivity contribution in [3.8, 4) is 0 Å². The van der Waals surface area contributed by atoms with Gasteiger partial charge in [0.2, 0.25) is 10.0 Å². The van der Waals surface area contributed by atoms with E-state index >= 15 is 0 Å². The third kappa shape index (κ3) is 3.29. The number of hydrogen-bond acceptors (Lipinski definition) is 5. The van der Waals surface area contributed by atoms with Crippen LogP contribution in [-0.2, 0) is 14.8 Å². The average Bonchev–Trinajstić information content (AvgIpc) is 2.35. The van der Waals surface area contributed by atoms with Crippen LogP contribution >= 0.6 is 0 Å². The molecule has 3 N–H and O–H groups in total. The van der Waals surface area contributed by atoms with Gasteiger partial charge in [-0.1, -0.05) is 12.1 Å². The van der Waals surface area contributed by atoms with E-state index in [0.29, 0.717) is 18.8 Å². The van der Waals surface area contributed by atoms with Crippen molar-refractivity contribution in [2.24, 2.45) is 5.14 Å². The van der Waals surface area contributed by atoms with E-state index in [0.717, 1.165) is 0 Å². The van der Waals surface area contributed by atoms with Crippen LogP contribution in [0, 0.1) is 0 Å². The number of benzene rings is 1. The first-order valence-electron chi connectivity index (χ1n) is 6.38. The first-order chi connectivity index (χ1) is 9.23. The summed E-state index contributed by atoms with van der Waals surface area (Å²) in [5, 5.41) is 14.6. The minimum absolute atomic E-state index is 0.0920. The van der Waals surface area contributed by atoms with E-state index in [1.54, 1.807) is 18.2 Å². The number of anilines is 1. The maximum absolute atomic E-state index is 11.7. The average molecular weight is 300 g/mol. The van der Waals surface area contributed by atoms with Crippen LogP contribution in [-0.4, -0.2) is 44.9 Å². The lowest BCUT2D eigenvalue weighted by Crippen LogP contribution is -2.54. The van der Waals surface area contributed by atoms with Crippen LogP contribution in [0.4, 0.5) is 5.69 Å². The highest BCUT2D eigenvalue weighted by molar-refractivity contribution is 7.89. The van der Waals surface area contributed by atoms with E-state index in [4.69, 9.17) is 9.88 Å². The fourth-order valence-corrected chi connectivity index (χ4v) is 3.29. The molecule has 112 valence electrons. The molecule has 0 spiro atoms. The molecule has 1 aliphatic heterocycles. The summed E-state index contributed by atoms with van der Waals surface area (Å²) in [4.78, 5) is 1.99. The summed E-state index contributed by atoms with van der Waals surface area (Å²) in [6, 6.07) is 6.61. The summed E-state index contributed by atoms with van der Waals surface area (Å²) < 4.78 is 29.1. The smallest absolute Gasteiger partial charge is 0.240 e. The Labute approximate surface area is 119 Å². The second-order valence-electron chi connectivity index (χ2n) is 5.58. The molecule has 1 aliphatic rings. The largest absolute Gasteiger partial charge is 0.394 e. The quantitative estimate of drug-likeness (QED) is 0.838. The van der Waals surface area contributed by atoms with Gasteiger partial charge in [0, 0.05) is 13.1 Å². The van der Waals surface area contributed by atoms with Gasteiger partial charge in [-0.25, -0.2) is 13.6 Å². The topological polar surface area (TPSA) is 92.9 Å². The maximum Gasteiger partial charge on any atom is 0.240 e. The molecule has 1 unspecified atom stereocenters. The number of hydrogen-bond donors (Lipinski definition) is 2. The second kappa shape index (κ2) is 5.33. The molecule has 0 amide bonds. The minimum Gasteiger partial charge on any atom is -0.394 e. The summed E-state index contributed by atoms with van der Waals surface area (Å²) in [6.07, 6.45) is -0.354. The first kappa shape index (κ1) is 15.2. The molecule has 0 saturated carbocycles. The van der Waals surface area contributed by atoms with E-state index in [2.05, 4.69) is 0 Å². The monoisotopic (exact) mass is 300 g/mol. The highest BCUT2D eigenvalue weighted by Gasteiger charge is 2.34. The van der Waals surface area contributed by atoms with Crippen molar-refractivity contribution in [2.45, 2.75) is 30.4 Å². The highest BCUT2D eigenvalue weighted by Crippen LogP contribution is 2.30. The van der Waals surface area contributed by atoms with Crippen LogP contribution in [0.3, 0.4) is 0 Å². The van der Waals surface area contributed by atoms with E-state index in [-0.39, 0.29) is 17.6 Å². The molecule has 6 nitrogen and oxygen atoms in total. The maximum atomic E-state index is 11.7. The third-order valence-corrected chi connectivity index (χ3v) is 4.16. The van der Waals surface area contributed by atoms with Crippen LogP contribution in [0.1, 0.15) is 13.8 Å². The van der Waals surface area contributed by atoms with Gasteiger partial charge in [0.15, 0.2) is 0 Å². The van der Waals surface area contributed by atoms with Gasteiger partial charge in [0.25, 0.3) is 0 Å². The Kier molecular flexibility index (Phi) is 4.06. The molecule has 7 heteroatoms. The molecule has 0 aliphatic carbocycles. The van der Waals surface area contributed by atoms with Crippen molar-refractivity contribution in [3.05, 3.63) is 24.3 Å². The highest BCUT2D eigenvalue weighted by atomic mass is 32.2. The molecular formula is C13H20N2O4S. The number of primary sulfonamides is 1. The molecule has 0 aromatic heterocycles. The molecule has 1 fully saturated rings. The van der Waals surface area contributed by atoms with E-state index in [1.165, 1.54) is 6.07 Å². The lowest BCUT2D eigenvalue weighted by molar-refractivity contribution is -0.101. The third-order valence-electron chi connectivity index (χ3n) is 3.20. The van der Waals surface area contributed by atoms with Gasteiger partial charge in [-0.2, -0.15) is 0 Å². The van der Waals surface area contributed by atoms with Gasteiger partial charge in [-0.3, -0.25) is 0 Å². The zero-order chi connectivity index (χ0) is 15.0. The van der Waals surface area contributed by atoms with Crippen LogP contribution in [0.15, 0.2) is 29.2 Å². The molecule has 1 saturated heterocycles. The summed E-state index contributed by atoms with van der Waals surface area (Å²) in [5.41, 5.74) is 0.0711. The Balaban J connectivity index is 2.41.